The van der Waals surface area contributed by atoms with Gasteiger partial charge in [0.05, 0.1) is 0 Å². The molecule has 4 nitrogen and oxygen atoms in total. The average molecular weight is 228 g/mol. The minimum atomic E-state index is -0.418. The summed E-state index contributed by atoms with van der Waals surface area (Å²) in [5, 5.41) is 3.33. The molecule has 1 aliphatic heterocycles. The quantitative estimate of drug-likeness (QED) is 0.744. The molecule has 16 heavy (non-hydrogen) atoms. The second-order valence-electron chi connectivity index (χ2n) is 5.74. The van der Waals surface area contributed by atoms with Crippen LogP contribution in [0.3, 0.4) is 0 Å². The van der Waals surface area contributed by atoms with Crippen molar-refractivity contribution in [3.05, 3.63) is 0 Å². The lowest BCUT2D eigenvalue weighted by Gasteiger charge is -2.35. The van der Waals surface area contributed by atoms with E-state index in [1.54, 1.807) is 4.90 Å². The molecule has 0 saturated carbocycles. The first-order valence-electron chi connectivity index (χ1n) is 5.96. The molecule has 1 fully saturated rings. The zero-order chi connectivity index (χ0) is 12.3. The van der Waals surface area contributed by atoms with E-state index in [0.717, 1.165) is 19.5 Å². The van der Waals surface area contributed by atoms with Crippen LogP contribution in [0.15, 0.2) is 0 Å². The highest BCUT2D eigenvalue weighted by Crippen LogP contribution is 2.17. The molecule has 1 rings (SSSR count). The third kappa shape index (κ3) is 4.00. The minimum absolute atomic E-state index is 0.228. The predicted octanol–water partition coefficient (Wildman–Crippen LogP) is 1.85. The number of carbonyl (C=O) groups is 1. The molecule has 0 bridgehead atoms. The smallest absolute Gasteiger partial charge is 0.410 e. The van der Waals surface area contributed by atoms with Crippen LogP contribution < -0.4 is 5.32 Å². The number of nitrogens with one attached hydrogen (secondary N) is 1. The van der Waals surface area contributed by atoms with Crippen LogP contribution in [-0.2, 0) is 4.74 Å². The third-order valence-electron chi connectivity index (χ3n) is 2.78. The molecule has 0 unspecified atom stereocenters. The number of amides is 1. The molecule has 1 N–H and O–H groups in total. The van der Waals surface area contributed by atoms with Crippen LogP contribution in [0.2, 0.25) is 0 Å². The Morgan fingerprint density at radius 3 is 2.50 bits per heavy atom. The van der Waals surface area contributed by atoms with Crippen LogP contribution in [0.1, 0.15) is 34.1 Å². The van der Waals surface area contributed by atoms with Crippen molar-refractivity contribution in [2.75, 3.05) is 20.1 Å². The number of piperidine rings is 1. The molecule has 2 atom stereocenters. The van der Waals surface area contributed by atoms with Crippen LogP contribution in [0, 0.1) is 5.92 Å². The second kappa shape index (κ2) is 5.04. The fourth-order valence-electron chi connectivity index (χ4n) is 1.91. The molecule has 0 spiro atoms. The van der Waals surface area contributed by atoms with Gasteiger partial charge in [-0.3, -0.25) is 0 Å². The molecule has 1 heterocycles. The van der Waals surface area contributed by atoms with Gasteiger partial charge in [-0.05, 0) is 39.7 Å². The highest BCUT2D eigenvalue weighted by molar-refractivity contribution is 5.68. The van der Waals surface area contributed by atoms with Crippen LogP contribution in [0.4, 0.5) is 4.79 Å². The first-order valence-corrected chi connectivity index (χ1v) is 5.96. The van der Waals surface area contributed by atoms with Gasteiger partial charge >= 0.3 is 6.09 Å². The normalized spacial score (nSPS) is 26.3. The third-order valence-corrected chi connectivity index (χ3v) is 2.78. The standard InChI is InChI=1S/C12H24N2O2/c1-9-6-10(8-13-7-9)14(5)11(15)16-12(2,3)4/h9-10,13H,6-8H2,1-5H3/t9-,10-/m1/s1. The lowest BCUT2D eigenvalue weighted by molar-refractivity contribution is 0.0184. The molecule has 0 aromatic heterocycles. The van der Waals surface area contributed by atoms with E-state index in [9.17, 15) is 4.79 Å². The Morgan fingerprint density at radius 1 is 1.38 bits per heavy atom. The summed E-state index contributed by atoms with van der Waals surface area (Å²) in [4.78, 5) is 13.6. The Morgan fingerprint density at radius 2 is 2.00 bits per heavy atom. The Labute approximate surface area is 98.3 Å². The SMILES string of the molecule is C[C@H]1CNC[C@H](N(C)C(=O)OC(C)(C)C)C1. The van der Waals surface area contributed by atoms with Crippen LogP contribution in [-0.4, -0.2) is 42.8 Å². The molecule has 0 aromatic rings. The van der Waals surface area contributed by atoms with E-state index >= 15 is 0 Å². The highest BCUT2D eigenvalue weighted by atomic mass is 16.6. The van der Waals surface area contributed by atoms with Gasteiger partial charge in [-0.1, -0.05) is 6.92 Å². The van der Waals surface area contributed by atoms with E-state index < -0.39 is 5.60 Å². The number of nitrogens with zero attached hydrogens (tertiary/aromatic N) is 1. The van der Waals surface area contributed by atoms with Crippen molar-refractivity contribution in [2.24, 2.45) is 5.92 Å². The van der Waals surface area contributed by atoms with Crippen molar-refractivity contribution >= 4 is 6.09 Å². The number of carbonyl (C=O) groups excluding carboxylic acids is 1. The molecule has 0 aromatic carbocycles. The van der Waals surface area contributed by atoms with Crippen molar-refractivity contribution in [2.45, 2.75) is 45.8 Å². The lowest BCUT2D eigenvalue weighted by atomic mass is 9.97. The largest absolute Gasteiger partial charge is 0.444 e. The van der Waals surface area contributed by atoms with E-state index in [1.165, 1.54) is 0 Å². The Bertz CT molecular complexity index is 248. The van der Waals surface area contributed by atoms with Crippen molar-refractivity contribution in [3.63, 3.8) is 0 Å². The van der Waals surface area contributed by atoms with Gasteiger partial charge in [0, 0.05) is 19.6 Å². The molecule has 0 radical (unpaired) electrons. The Balaban J connectivity index is 2.49. The van der Waals surface area contributed by atoms with E-state index in [0.29, 0.717) is 5.92 Å². The van der Waals surface area contributed by atoms with Gasteiger partial charge in [-0.2, -0.15) is 0 Å². The van der Waals surface area contributed by atoms with Gasteiger partial charge in [0.15, 0.2) is 0 Å². The number of hydrogen-bond acceptors (Lipinski definition) is 3. The maximum absolute atomic E-state index is 11.8. The van der Waals surface area contributed by atoms with E-state index in [-0.39, 0.29) is 12.1 Å². The highest BCUT2D eigenvalue weighted by Gasteiger charge is 2.28. The van der Waals surface area contributed by atoms with Crippen molar-refractivity contribution in [3.8, 4) is 0 Å². The van der Waals surface area contributed by atoms with Gasteiger partial charge in [-0.15, -0.1) is 0 Å². The van der Waals surface area contributed by atoms with Gasteiger partial charge in [0.1, 0.15) is 5.60 Å². The van der Waals surface area contributed by atoms with E-state index in [2.05, 4.69) is 12.2 Å². The summed E-state index contributed by atoms with van der Waals surface area (Å²) in [7, 11) is 1.82. The summed E-state index contributed by atoms with van der Waals surface area (Å²) in [6, 6.07) is 0.249. The summed E-state index contributed by atoms with van der Waals surface area (Å²) in [6.45, 7) is 9.77. The topological polar surface area (TPSA) is 41.6 Å². The van der Waals surface area contributed by atoms with Crippen LogP contribution in [0.25, 0.3) is 0 Å². The lowest BCUT2D eigenvalue weighted by Crippen LogP contribution is -2.50. The predicted molar refractivity (Wildman–Crippen MR) is 64.4 cm³/mol. The van der Waals surface area contributed by atoms with Crippen LogP contribution >= 0.6 is 0 Å². The monoisotopic (exact) mass is 228 g/mol. The second-order valence-corrected chi connectivity index (χ2v) is 5.74. The Hall–Kier alpha value is -0.770. The zero-order valence-electron chi connectivity index (χ0n) is 11.0. The number of ether oxygens (including phenoxy) is 1. The maximum Gasteiger partial charge on any atom is 0.410 e. The molecule has 1 aliphatic rings. The average Bonchev–Trinajstić information content (AvgIpc) is 2.14. The first kappa shape index (κ1) is 13.3. The number of hydrogen-bond donors (Lipinski definition) is 1. The van der Waals surface area contributed by atoms with Gasteiger partial charge < -0.3 is 15.0 Å². The van der Waals surface area contributed by atoms with E-state index in [4.69, 9.17) is 4.74 Å². The van der Waals surface area contributed by atoms with E-state index in [1.807, 2.05) is 27.8 Å². The summed E-state index contributed by atoms with van der Waals surface area (Å²) in [6.07, 6.45) is 0.816. The molecule has 94 valence electrons. The maximum atomic E-state index is 11.8. The van der Waals surface area contributed by atoms with Crippen molar-refractivity contribution in [1.29, 1.82) is 0 Å². The minimum Gasteiger partial charge on any atom is -0.444 e. The molecule has 1 amide bonds. The fraction of sp³-hybridized carbons (Fsp3) is 0.917. The summed E-state index contributed by atoms with van der Waals surface area (Å²) in [5.41, 5.74) is -0.418. The molecular formula is C12H24N2O2. The molecule has 0 aliphatic carbocycles. The van der Waals surface area contributed by atoms with Gasteiger partial charge in [0.2, 0.25) is 0 Å². The first-order chi connectivity index (χ1) is 7.29. The Kier molecular flexibility index (Phi) is 4.19. The summed E-state index contributed by atoms with van der Waals surface area (Å²) in [5.74, 6) is 0.614. The number of rotatable bonds is 1. The fourth-order valence-corrected chi connectivity index (χ4v) is 1.91. The summed E-state index contributed by atoms with van der Waals surface area (Å²) < 4.78 is 5.35. The van der Waals surface area contributed by atoms with Crippen LogP contribution in [0.5, 0.6) is 0 Å². The summed E-state index contributed by atoms with van der Waals surface area (Å²) >= 11 is 0. The number of likely N-dealkylation sites (N-methyl/N-ethyl adjacent to an activating group) is 1. The zero-order valence-corrected chi connectivity index (χ0v) is 11.0. The molecule has 4 heteroatoms. The molecular weight excluding hydrogens is 204 g/mol. The van der Waals surface area contributed by atoms with Crippen molar-refractivity contribution < 1.29 is 9.53 Å². The van der Waals surface area contributed by atoms with Gasteiger partial charge in [-0.25, -0.2) is 4.79 Å². The molecule has 1 saturated heterocycles. The van der Waals surface area contributed by atoms with Gasteiger partial charge in [0.25, 0.3) is 0 Å². The van der Waals surface area contributed by atoms with Crippen molar-refractivity contribution in [1.82, 2.24) is 10.2 Å².